The number of allylic oxidation sites excluding steroid dienone is 1. The molecule has 0 spiro atoms. The molecule has 2 atom stereocenters. The van der Waals surface area contributed by atoms with Crippen molar-refractivity contribution in [1.29, 1.82) is 0 Å². The third-order valence-corrected chi connectivity index (χ3v) is 8.04. The summed E-state index contributed by atoms with van der Waals surface area (Å²) in [6, 6.07) is 6.34. The largest absolute Gasteiger partial charge is 0.529 e. The first-order valence-electron chi connectivity index (χ1n) is 10.7. The number of ether oxygens (including phenoxy) is 2. The summed E-state index contributed by atoms with van der Waals surface area (Å²) in [5.74, 6) is 2.17. The summed E-state index contributed by atoms with van der Waals surface area (Å²) >= 11 is 0. The molecular weight excluding hydrogens is 405 g/mol. The average Bonchev–Trinajstić information content (AvgIpc) is 3.08. The van der Waals surface area contributed by atoms with E-state index in [4.69, 9.17) is 23.0 Å². The SMILES string of the molecule is COc1ccc([C@@]23CCC(OP4(=O)OCCCCCO4)=C[C@@H]2N(C)CC3)cc1OC. The van der Waals surface area contributed by atoms with Crippen molar-refractivity contribution in [3.05, 3.63) is 35.6 Å². The number of benzene rings is 1. The molecule has 1 aromatic carbocycles. The molecule has 4 rings (SSSR count). The minimum Gasteiger partial charge on any atom is -0.493 e. The van der Waals surface area contributed by atoms with Crippen LogP contribution in [0.15, 0.2) is 30.0 Å². The van der Waals surface area contributed by atoms with Gasteiger partial charge in [-0.15, -0.1) is 0 Å². The molecule has 2 aliphatic heterocycles. The lowest BCUT2D eigenvalue weighted by molar-refractivity contribution is 0.112. The Bertz CT molecular complexity index is 831. The number of hydrogen-bond donors (Lipinski definition) is 0. The Kier molecular flexibility index (Phi) is 6.44. The number of fused-ring (bicyclic) bond motifs is 1. The van der Waals surface area contributed by atoms with Crippen LogP contribution < -0.4 is 9.47 Å². The highest BCUT2D eigenvalue weighted by atomic mass is 31.2. The van der Waals surface area contributed by atoms with Gasteiger partial charge in [-0.3, -0.25) is 13.9 Å². The van der Waals surface area contributed by atoms with Crippen LogP contribution in [0.4, 0.5) is 0 Å². The molecule has 1 aliphatic carbocycles. The molecular formula is C22H32NO6P. The molecule has 166 valence electrons. The Morgan fingerprint density at radius 1 is 1.07 bits per heavy atom. The maximum Gasteiger partial charge on any atom is 0.529 e. The maximum absolute atomic E-state index is 13.0. The van der Waals surface area contributed by atoms with Crippen molar-refractivity contribution in [3.63, 3.8) is 0 Å². The molecule has 0 amide bonds. The molecule has 0 radical (unpaired) electrons. The molecule has 7 nitrogen and oxygen atoms in total. The van der Waals surface area contributed by atoms with Gasteiger partial charge in [-0.1, -0.05) is 6.07 Å². The standard InChI is InChI=1S/C22H32NO6P/c1-23-12-11-22(17-7-8-19(25-2)20(15-17)26-3)10-9-18(16-21(22)23)29-30(24)27-13-5-4-6-14-28-30/h7-8,15-16,21H,4-6,9-14H2,1-3H3/t21-,22-/m0/s1. The molecule has 2 fully saturated rings. The predicted octanol–water partition coefficient (Wildman–Crippen LogP) is 4.67. The van der Waals surface area contributed by atoms with Gasteiger partial charge in [0.05, 0.1) is 27.4 Å². The van der Waals surface area contributed by atoms with Crippen LogP contribution in [0.5, 0.6) is 11.5 Å². The minimum atomic E-state index is -3.55. The van der Waals surface area contributed by atoms with Gasteiger partial charge in [0.15, 0.2) is 11.5 Å². The first-order valence-corrected chi connectivity index (χ1v) is 12.2. The second-order valence-corrected chi connectivity index (χ2v) is 9.89. The highest BCUT2D eigenvalue weighted by Gasteiger charge is 2.49. The molecule has 0 N–H and O–H groups in total. The fraction of sp³-hybridized carbons (Fsp3) is 0.636. The highest BCUT2D eigenvalue weighted by molar-refractivity contribution is 7.48. The quantitative estimate of drug-likeness (QED) is 0.621. The van der Waals surface area contributed by atoms with Gasteiger partial charge in [-0.25, -0.2) is 4.57 Å². The monoisotopic (exact) mass is 437 g/mol. The zero-order valence-corrected chi connectivity index (χ0v) is 19.0. The smallest absolute Gasteiger partial charge is 0.493 e. The highest BCUT2D eigenvalue weighted by Crippen LogP contribution is 2.56. The van der Waals surface area contributed by atoms with Crippen molar-refractivity contribution in [2.24, 2.45) is 0 Å². The van der Waals surface area contributed by atoms with E-state index in [2.05, 4.69) is 30.2 Å². The molecule has 2 heterocycles. The van der Waals surface area contributed by atoms with E-state index in [1.165, 1.54) is 5.56 Å². The van der Waals surface area contributed by atoms with Gasteiger partial charge in [0.2, 0.25) is 0 Å². The second-order valence-electron chi connectivity index (χ2n) is 8.30. The maximum atomic E-state index is 13.0. The first kappa shape index (κ1) is 21.7. The van der Waals surface area contributed by atoms with Crippen molar-refractivity contribution >= 4 is 7.82 Å². The van der Waals surface area contributed by atoms with Crippen molar-refractivity contribution in [1.82, 2.24) is 4.90 Å². The van der Waals surface area contributed by atoms with E-state index in [9.17, 15) is 4.57 Å². The Balaban J connectivity index is 1.60. The topological polar surface area (TPSA) is 66.5 Å². The molecule has 30 heavy (non-hydrogen) atoms. The molecule has 0 aromatic heterocycles. The second kappa shape index (κ2) is 8.91. The summed E-state index contributed by atoms with van der Waals surface area (Å²) in [5.41, 5.74) is 1.19. The van der Waals surface area contributed by atoms with E-state index in [0.717, 1.165) is 50.1 Å². The van der Waals surface area contributed by atoms with Crippen LogP contribution in [0.2, 0.25) is 0 Å². The summed E-state index contributed by atoms with van der Waals surface area (Å²) < 4.78 is 40.8. The first-order chi connectivity index (χ1) is 14.5. The van der Waals surface area contributed by atoms with E-state index in [0.29, 0.717) is 25.4 Å². The number of nitrogens with zero attached hydrogens (tertiary/aromatic N) is 1. The number of phosphoric acid groups is 1. The van der Waals surface area contributed by atoms with Crippen LogP contribution in [-0.2, 0) is 23.6 Å². The van der Waals surface area contributed by atoms with Crippen molar-refractivity contribution in [2.45, 2.75) is 50.0 Å². The third kappa shape index (κ3) is 4.13. The third-order valence-electron chi connectivity index (χ3n) is 6.59. The van der Waals surface area contributed by atoms with Crippen LogP contribution in [0.1, 0.15) is 44.1 Å². The molecule has 0 saturated carbocycles. The zero-order chi connectivity index (χ0) is 21.2. The van der Waals surface area contributed by atoms with Crippen LogP contribution >= 0.6 is 7.82 Å². The summed E-state index contributed by atoms with van der Waals surface area (Å²) in [6.45, 7) is 1.79. The van der Waals surface area contributed by atoms with Crippen LogP contribution in [-0.4, -0.2) is 52.0 Å². The average molecular weight is 437 g/mol. The van der Waals surface area contributed by atoms with E-state index in [1.54, 1.807) is 14.2 Å². The Morgan fingerprint density at radius 3 is 2.50 bits per heavy atom. The lowest BCUT2D eigenvalue weighted by atomic mass is 9.68. The summed E-state index contributed by atoms with van der Waals surface area (Å²) in [6.07, 6.45) is 7.51. The normalized spacial score (nSPS) is 29.3. The van der Waals surface area contributed by atoms with Gasteiger partial charge >= 0.3 is 7.82 Å². The lowest BCUT2D eigenvalue weighted by Gasteiger charge is -2.40. The lowest BCUT2D eigenvalue weighted by Crippen LogP contribution is -2.42. The van der Waals surface area contributed by atoms with Crippen molar-refractivity contribution < 1.29 is 27.6 Å². The van der Waals surface area contributed by atoms with Crippen LogP contribution in [0.25, 0.3) is 0 Å². The zero-order valence-electron chi connectivity index (χ0n) is 18.1. The fourth-order valence-electron chi connectivity index (χ4n) is 4.90. The van der Waals surface area contributed by atoms with Gasteiger partial charge in [-0.2, -0.15) is 0 Å². The molecule has 2 saturated heterocycles. The number of phosphoric ester groups is 1. The van der Waals surface area contributed by atoms with E-state index < -0.39 is 7.82 Å². The summed E-state index contributed by atoms with van der Waals surface area (Å²) in [4.78, 5) is 2.33. The Labute approximate surface area is 178 Å². The molecule has 0 bridgehead atoms. The minimum absolute atomic E-state index is 0.0434. The molecule has 8 heteroatoms. The summed E-state index contributed by atoms with van der Waals surface area (Å²) in [5, 5.41) is 0. The number of likely N-dealkylation sites (tertiary alicyclic amines) is 1. The van der Waals surface area contributed by atoms with Crippen LogP contribution in [0.3, 0.4) is 0 Å². The van der Waals surface area contributed by atoms with Gasteiger partial charge in [-0.05, 0) is 69.5 Å². The van der Waals surface area contributed by atoms with Crippen molar-refractivity contribution in [2.75, 3.05) is 41.0 Å². The Hall–Kier alpha value is -1.53. The van der Waals surface area contributed by atoms with Crippen molar-refractivity contribution in [3.8, 4) is 11.5 Å². The fourth-order valence-corrected chi connectivity index (χ4v) is 6.22. The number of rotatable bonds is 5. The van der Waals surface area contributed by atoms with E-state index in [-0.39, 0.29) is 11.5 Å². The Morgan fingerprint density at radius 2 is 1.80 bits per heavy atom. The van der Waals surface area contributed by atoms with Gasteiger partial charge in [0.1, 0.15) is 5.76 Å². The van der Waals surface area contributed by atoms with E-state index >= 15 is 0 Å². The van der Waals surface area contributed by atoms with E-state index in [1.807, 2.05) is 6.07 Å². The van der Waals surface area contributed by atoms with Gasteiger partial charge in [0, 0.05) is 17.9 Å². The molecule has 1 aromatic rings. The predicted molar refractivity (Wildman–Crippen MR) is 114 cm³/mol. The van der Waals surface area contributed by atoms with Gasteiger partial charge in [0.25, 0.3) is 0 Å². The van der Waals surface area contributed by atoms with Crippen LogP contribution in [0, 0.1) is 0 Å². The van der Waals surface area contributed by atoms with Gasteiger partial charge < -0.3 is 14.0 Å². The number of likely N-dealkylation sites (N-methyl/N-ethyl adjacent to an activating group) is 1. The molecule has 0 unspecified atom stereocenters. The number of hydrogen-bond acceptors (Lipinski definition) is 7. The molecule has 3 aliphatic rings. The number of methoxy groups -OCH3 is 2. The summed E-state index contributed by atoms with van der Waals surface area (Å²) in [7, 11) is 1.89.